The molecule has 1 unspecified atom stereocenters. The molecule has 0 aromatic carbocycles. The minimum Gasteiger partial charge on any atom is -0.387 e. The van der Waals surface area contributed by atoms with Gasteiger partial charge >= 0.3 is 0 Å². The number of aromatic nitrogens is 4. The largest absolute Gasteiger partial charge is 0.387 e. The van der Waals surface area contributed by atoms with E-state index in [1.54, 1.807) is 6.92 Å². The van der Waals surface area contributed by atoms with E-state index in [1.807, 2.05) is 0 Å². The second-order valence-electron chi connectivity index (χ2n) is 1.62. The van der Waals surface area contributed by atoms with Crippen molar-refractivity contribution in [2.45, 2.75) is 13.0 Å². The molecule has 0 amide bonds. The van der Waals surface area contributed by atoms with Gasteiger partial charge in [-0.05, 0) is 17.4 Å². The zero-order valence-electron chi connectivity index (χ0n) is 4.89. The van der Waals surface area contributed by atoms with Crippen LogP contribution < -0.4 is 0 Å². The first-order chi connectivity index (χ1) is 4.30. The molecule has 1 aromatic rings. The molecule has 1 aromatic heterocycles. The molecule has 0 aliphatic heterocycles. The van der Waals surface area contributed by atoms with Gasteiger partial charge in [-0.15, -0.1) is 10.2 Å². The van der Waals surface area contributed by atoms with Crippen molar-refractivity contribution in [3.05, 3.63) is 11.9 Å². The fraction of sp³-hybridized carbons (Fsp3) is 0.500. The molecule has 0 saturated carbocycles. The number of rotatable bonds is 1. The maximum atomic E-state index is 8.85. The lowest BCUT2D eigenvalue weighted by Gasteiger charge is -1.96. The molecule has 0 saturated heterocycles. The highest BCUT2D eigenvalue weighted by molar-refractivity contribution is 4.91. The third-order valence-corrected chi connectivity index (χ3v) is 0.870. The summed E-state index contributed by atoms with van der Waals surface area (Å²) in [6.45, 7) is 1.59. The summed E-state index contributed by atoms with van der Waals surface area (Å²) in [7, 11) is 0. The van der Waals surface area contributed by atoms with Gasteiger partial charge in [0.25, 0.3) is 0 Å². The van der Waals surface area contributed by atoms with Gasteiger partial charge < -0.3 is 5.11 Å². The van der Waals surface area contributed by atoms with Gasteiger partial charge in [0.1, 0.15) is 5.69 Å². The molecule has 48 valence electrons. The normalized spacial score (nSPS) is 13.1. The van der Waals surface area contributed by atoms with Crippen LogP contribution in [0.2, 0.25) is 0 Å². The van der Waals surface area contributed by atoms with Crippen molar-refractivity contribution in [1.82, 2.24) is 20.6 Å². The fourth-order valence-corrected chi connectivity index (χ4v) is 0.397. The van der Waals surface area contributed by atoms with E-state index in [4.69, 9.17) is 5.11 Å². The molecular formula is C4H6N4O. The van der Waals surface area contributed by atoms with Crippen LogP contribution in [-0.2, 0) is 0 Å². The number of aliphatic hydroxyl groups excluding tert-OH is 1. The van der Waals surface area contributed by atoms with E-state index < -0.39 is 6.10 Å². The molecule has 0 aliphatic rings. The Morgan fingerprint density at radius 2 is 2.33 bits per heavy atom. The molecule has 1 atom stereocenters. The monoisotopic (exact) mass is 126 g/mol. The standard InChI is InChI=1S/C4H6N4O/c1-3(9)4-2-5-7-8-6-4/h2-3,9H,1H3. The summed E-state index contributed by atoms with van der Waals surface area (Å²) in [6, 6.07) is 0. The van der Waals surface area contributed by atoms with Crippen LogP contribution in [0.1, 0.15) is 18.7 Å². The fourth-order valence-electron chi connectivity index (χ4n) is 0.397. The van der Waals surface area contributed by atoms with Crippen molar-refractivity contribution >= 4 is 0 Å². The van der Waals surface area contributed by atoms with Crippen LogP contribution in [0.4, 0.5) is 0 Å². The summed E-state index contributed by atoms with van der Waals surface area (Å²) < 4.78 is 0. The molecule has 1 N–H and O–H groups in total. The van der Waals surface area contributed by atoms with Crippen LogP contribution in [0.25, 0.3) is 0 Å². The third-order valence-electron chi connectivity index (χ3n) is 0.870. The first-order valence-corrected chi connectivity index (χ1v) is 2.49. The summed E-state index contributed by atoms with van der Waals surface area (Å²) >= 11 is 0. The van der Waals surface area contributed by atoms with Gasteiger partial charge in [-0.3, -0.25) is 0 Å². The average molecular weight is 126 g/mol. The predicted molar refractivity (Wildman–Crippen MR) is 28.3 cm³/mol. The van der Waals surface area contributed by atoms with Gasteiger partial charge in [0.05, 0.1) is 12.3 Å². The summed E-state index contributed by atoms with van der Waals surface area (Å²) in [5.74, 6) is 0. The van der Waals surface area contributed by atoms with E-state index in [-0.39, 0.29) is 0 Å². The summed E-state index contributed by atoms with van der Waals surface area (Å²) in [5.41, 5.74) is 0.435. The highest BCUT2D eigenvalue weighted by Gasteiger charge is 2.00. The number of nitrogens with zero attached hydrogens (tertiary/aromatic N) is 4. The van der Waals surface area contributed by atoms with Crippen molar-refractivity contribution in [3.8, 4) is 0 Å². The molecule has 1 rings (SSSR count). The summed E-state index contributed by atoms with van der Waals surface area (Å²) in [5, 5.41) is 22.2. The van der Waals surface area contributed by atoms with E-state index in [9.17, 15) is 0 Å². The second-order valence-corrected chi connectivity index (χ2v) is 1.62. The lowest BCUT2D eigenvalue weighted by Crippen LogP contribution is -2.00. The SMILES string of the molecule is CC(O)c1cnnnn1. The summed E-state index contributed by atoms with van der Waals surface area (Å²) in [6.07, 6.45) is 0.755. The Hall–Kier alpha value is -1.10. The second kappa shape index (κ2) is 2.45. The maximum Gasteiger partial charge on any atom is 0.113 e. The van der Waals surface area contributed by atoms with Gasteiger partial charge in [0.15, 0.2) is 0 Å². The topological polar surface area (TPSA) is 71.8 Å². The van der Waals surface area contributed by atoms with E-state index in [1.165, 1.54) is 6.20 Å². The molecule has 0 aliphatic carbocycles. The first kappa shape index (κ1) is 6.03. The Bertz CT molecular complexity index is 175. The quantitative estimate of drug-likeness (QED) is 0.539. The number of aliphatic hydroxyl groups is 1. The highest BCUT2D eigenvalue weighted by Crippen LogP contribution is 2.02. The molecule has 5 heteroatoms. The molecule has 0 fully saturated rings. The van der Waals surface area contributed by atoms with E-state index >= 15 is 0 Å². The van der Waals surface area contributed by atoms with Crippen molar-refractivity contribution in [2.75, 3.05) is 0 Å². The molecule has 0 spiro atoms. The molecular weight excluding hydrogens is 120 g/mol. The number of hydrogen-bond acceptors (Lipinski definition) is 5. The van der Waals surface area contributed by atoms with Crippen LogP contribution in [0.15, 0.2) is 6.20 Å². The third kappa shape index (κ3) is 1.39. The molecule has 9 heavy (non-hydrogen) atoms. The molecule has 0 bridgehead atoms. The Morgan fingerprint density at radius 1 is 1.56 bits per heavy atom. The van der Waals surface area contributed by atoms with Gasteiger partial charge in [-0.25, -0.2) is 0 Å². The lowest BCUT2D eigenvalue weighted by atomic mass is 10.3. The Morgan fingerprint density at radius 3 is 2.67 bits per heavy atom. The Kier molecular flexibility index (Phi) is 1.64. The maximum absolute atomic E-state index is 8.85. The minimum atomic E-state index is -0.618. The molecule has 0 radical (unpaired) electrons. The van der Waals surface area contributed by atoms with Gasteiger partial charge in [0.2, 0.25) is 0 Å². The molecule has 5 nitrogen and oxygen atoms in total. The molecule has 1 heterocycles. The first-order valence-electron chi connectivity index (χ1n) is 2.49. The van der Waals surface area contributed by atoms with Crippen molar-refractivity contribution < 1.29 is 5.11 Å². The van der Waals surface area contributed by atoms with Crippen molar-refractivity contribution in [2.24, 2.45) is 0 Å². The van der Waals surface area contributed by atoms with E-state index in [0.717, 1.165) is 0 Å². The van der Waals surface area contributed by atoms with Crippen LogP contribution in [0.5, 0.6) is 0 Å². The average Bonchev–Trinajstić information content (AvgIpc) is 1.90. The number of hydrogen-bond donors (Lipinski definition) is 1. The highest BCUT2D eigenvalue weighted by atomic mass is 16.3. The zero-order chi connectivity index (χ0) is 6.69. The van der Waals surface area contributed by atoms with E-state index in [2.05, 4.69) is 20.6 Å². The van der Waals surface area contributed by atoms with Crippen LogP contribution in [0, 0.1) is 0 Å². The van der Waals surface area contributed by atoms with Gasteiger partial charge in [0, 0.05) is 0 Å². The smallest absolute Gasteiger partial charge is 0.113 e. The van der Waals surface area contributed by atoms with Crippen LogP contribution in [0.3, 0.4) is 0 Å². The van der Waals surface area contributed by atoms with Crippen LogP contribution in [-0.4, -0.2) is 25.7 Å². The van der Waals surface area contributed by atoms with Crippen molar-refractivity contribution in [3.63, 3.8) is 0 Å². The van der Waals surface area contributed by atoms with Gasteiger partial charge in [-0.2, -0.15) is 0 Å². The Balaban J connectivity index is 2.85. The zero-order valence-corrected chi connectivity index (χ0v) is 4.89. The van der Waals surface area contributed by atoms with Gasteiger partial charge in [-0.1, -0.05) is 0 Å². The van der Waals surface area contributed by atoms with Crippen molar-refractivity contribution in [1.29, 1.82) is 0 Å². The lowest BCUT2D eigenvalue weighted by molar-refractivity contribution is 0.191. The van der Waals surface area contributed by atoms with E-state index in [0.29, 0.717) is 5.69 Å². The van der Waals surface area contributed by atoms with Crippen LogP contribution >= 0.6 is 0 Å². The Labute approximate surface area is 51.7 Å². The predicted octanol–water partition coefficient (Wildman–Crippen LogP) is -0.680. The summed E-state index contributed by atoms with van der Waals surface area (Å²) in [4.78, 5) is 0. The minimum absolute atomic E-state index is 0.435.